The molecule has 124 valence electrons. The van der Waals surface area contributed by atoms with Gasteiger partial charge in [-0.15, -0.1) is 0 Å². The van der Waals surface area contributed by atoms with Crippen molar-refractivity contribution in [3.8, 4) is 0 Å². The number of amides is 2. The molecule has 6 nitrogen and oxygen atoms in total. The summed E-state index contributed by atoms with van der Waals surface area (Å²) in [4.78, 5) is 33.0. The van der Waals surface area contributed by atoms with E-state index in [4.69, 9.17) is 4.42 Å². The summed E-state index contributed by atoms with van der Waals surface area (Å²) in [6.07, 6.45) is 5.95. The number of likely N-dealkylation sites (tertiary alicyclic amines) is 2. The van der Waals surface area contributed by atoms with E-state index in [9.17, 15) is 9.59 Å². The summed E-state index contributed by atoms with van der Waals surface area (Å²) in [7, 11) is 0. The number of hydrogen-bond donors (Lipinski definition) is 0. The predicted octanol–water partition coefficient (Wildman–Crippen LogP) is 1.80. The van der Waals surface area contributed by atoms with Crippen LogP contribution in [0.15, 0.2) is 47.3 Å². The summed E-state index contributed by atoms with van der Waals surface area (Å²) in [6, 6.07) is 7.23. The number of hydrogen-bond acceptors (Lipinski definition) is 4. The largest absolute Gasteiger partial charge is 0.459 e. The maximum Gasteiger partial charge on any atom is 0.289 e. The van der Waals surface area contributed by atoms with Gasteiger partial charge in [0.25, 0.3) is 5.91 Å². The molecular formula is C18H19N3O3. The molecular weight excluding hydrogens is 306 g/mol. The van der Waals surface area contributed by atoms with Crippen LogP contribution in [0.1, 0.15) is 22.5 Å². The molecule has 0 radical (unpaired) electrons. The van der Waals surface area contributed by atoms with Crippen LogP contribution in [-0.4, -0.2) is 46.2 Å². The quantitative estimate of drug-likeness (QED) is 0.863. The molecule has 0 N–H and O–H groups in total. The zero-order valence-electron chi connectivity index (χ0n) is 13.3. The second-order valence-corrected chi connectivity index (χ2v) is 6.46. The number of piperidine rings is 1. The number of aromatic nitrogens is 1. The van der Waals surface area contributed by atoms with Crippen molar-refractivity contribution in [1.82, 2.24) is 14.8 Å². The SMILES string of the molecule is O=C(c1ccco1)N1CC2CCN(Cc3cccnc3)C(=O)C2C1. The molecule has 2 saturated heterocycles. The van der Waals surface area contributed by atoms with Gasteiger partial charge in [0.05, 0.1) is 12.2 Å². The van der Waals surface area contributed by atoms with Crippen LogP contribution in [0, 0.1) is 11.8 Å². The fraction of sp³-hybridized carbons (Fsp3) is 0.389. The lowest BCUT2D eigenvalue weighted by Crippen LogP contribution is -2.44. The lowest BCUT2D eigenvalue weighted by atomic mass is 9.88. The number of pyridine rings is 1. The van der Waals surface area contributed by atoms with Gasteiger partial charge in [0.2, 0.25) is 5.91 Å². The van der Waals surface area contributed by atoms with Gasteiger partial charge in [-0.3, -0.25) is 14.6 Å². The number of nitrogens with zero attached hydrogens (tertiary/aromatic N) is 3. The molecule has 0 bridgehead atoms. The second kappa shape index (κ2) is 6.11. The normalized spacial score (nSPS) is 23.4. The summed E-state index contributed by atoms with van der Waals surface area (Å²) >= 11 is 0. The molecule has 0 aliphatic carbocycles. The van der Waals surface area contributed by atoms with Crippen molar-refractivity contribution in [1.29, 1.82) is 0 Å². The van der Waals surface area contributed by atoms with Crippen molar-refractivity contribution in [2.45, 2.75) is 13.0 Å². The van der Waals surface area contributed by atoms with E-state index in [1.54, 1.807) is 29.4 Å². The van der Waals surface area contributed by atoms with E-state index in [-0.39, 0.29) is 23.7 Å². The molecule has 2 aromatic heterocycles. The molecule has 2 aliphatic heterocycles. The molecule has 2 unspecified atom stereocenters. The summed E-state index contributed by atoms with van der Waals surface area (Å²) < 4.78 is 5.19. The topological polar surface area (TPSA) is 66.7 Å². The van der Waals surface area contributed by atoms with E-state index in [2.05, 4.69) is 4.98 Å². The third-order valence-corrected chi connectivity index (χ3v) is 4.96. The summed E-state index contributed by atoms with van der Waals surface area (Å²) in [6.45, 7) is 2.43. The van der Waals surface area contributed by atoms with Gasteiger partial charge in [-0.05, 0) is 36.1 Å². The van der Waals surface area contributed by atoms with Crippen LogP contribution < -0.4 is 0 Å². The smallest absolute Gasteiger partial charge is 0.289 e. The molecule has 0 aromatic carbocycles. The van der Waals surface area contributed by atoms with Crippen LogP contribution in [0.5, 0.6) is 0 Å². The maximum atomic E-state index is 12.8. The molecule has 2 aromatic rings. The zero-order valence-corrected chi connectivity index (χ0v) is 13.3. The van der Waals surface area contributed by atoms with E-state index in [1.807, 2.05) is 17.0 Å². The standard InChI is InChI=1S/C18H19N3O3/c22-17-15-12-21(18(23)16-4-2-8-24-16)11-14(15)5-7-20(17)10-13-3-1-6-19-9-13/h1-4,6,8-9,14-15H,5,7,10-12H2. The maximum absolute atomic E-state index is 12.8. The van der Waals surface area contributed by atoms with Crippen LogP contribution in [0.2, 0.25) is 0 Å². The first-order chi connectivity index (χ1) is 11.7. The van der Waals surface area contributed by atoms with Crippen molar-refractivity contribution in [3.63, 3.8) is 0 Å². The summed E-state index contributed by atoms with van der Waals surface area (Å²) in [5, 5.41) is 0. The van der Waals surface area contributed by atoms with Gasteiger partial charge in [0.1, 0.15) is 0 Å². The van der Waals surface area contributed by atoms with Gasteiger partial charge in [-0.1, -0.05) is 6.07 Å². The van der Waals surface area contributed by atoms with Gasteiger partial charge >= 0.3 is 0 Å². The molecule has 2 fully saturated rings. The van der Waals surface area contributed by atoms with Crippen molar-refractivity contribution in [2.24, 2.45) is 11.8 Å². The Balaban J connectivity index is 1.44. The highest BCUT2D eigenvalue weighted by molar-refractivity contribution is 5.92. The third kappa shape index (κ3) is 2.68. The highest BCUT2D eigenvalue weighted by Gasteiger charge is 2.44. The van der Waals surface area contributed by atoms with Crippen molar-refractivity contribution < 1.29 is 14.0 Å². The summed E-state index contributed by atoms with van der Waals surface area (Å²) in [5.74, 6) is 0.509. The lowest BCUT2D eigenvalue weighted by Gasteiger charge is -2.33. The van der Waals surface area contributed by atoms with Crippen molar-refractivity contribution in [3.05, 3.63) is 54.2 Å². The minimum Gasteiger partial charge on any atom is -0.459 e. The van der Waals surface area contributed by atoms with Gasteiger partial charge in [-0.2, -0.15) is 0 Å². The minimum atomic E-state index is -0.124. The monoisotopic (exact) mass is 325 g/mol. The third-order valence-electron chi connectivity index (χ3n) is 4.96. The Morgan fingerprint density at radius 3 is 2.96 bits per heavy atom. The second-order valence-electron chi connectivity index (χ2n) is 6.46. The van der Waals surface area contributed by atoms with Gasteiger partial charge < -0.3 is 14.2 Å². The van der Waals surface area contributed by atoms with E-state index in [0.29, 0.717) is 25.4 Å². The van der Waals surface area contributed by atoms with E-state index in [1.165, 1.54) is 6.26 Å². The van der Waals surface area contributed by atoms with Crippen LogP contribution in [-0.2, 0) is 11.3 Å². The number of furan rings is 1. The van der Waals surface area contributed by atoms with E-state index in [0.717, 1.165) is 18.5 Å². The highest BCUT2D eigenvalue weighted by atomic mass is 16.3. The Labute approximate surface area is 140 Å². The number of rotatable bonds is 3. The Bertz CT molecular complexity index is 729. The van der Waals surface area contributed by atoms with E-state index < -0.39 is 0 Å². The molecule has 2 atom stereocenters. The average Bonchev–Trinajstić information content (AvgIpc) is 3.27. The molecule has 0 spiro atoms. The van der Waals surface area contributed by atoms with Crippen molar-refractivity contribution in [2.75, 3.05) is 19.6 Å². The number of carbonyl (C=O) groups is 2. The Kier molecular flexibility index (Phi) is 3.80. The average molecular weight is 325 g/mol. The first-order valence-corrected chi connectivity index (χ1v) is 8.23. The Hall–Kier alpha value is -2.63. The first kappa shape index (κ1) is 14.9. The van der Waals surface area contributed by atoms with Crippen LogP contribution in [0.25, 0.3) is 0 Å². The molecule has 0 saturated carbocycles. The zero-order chi connectivity index (χ0) is 16.5. The molecule has 24 heavy (non-hydrogen) atoms. The molecule has 4 heterocycles. The molecule has 2 amide bonds. The number of fused-ring (bicyclic) bond motifs is 1. The summed E-state index contributed by atoms with van der Waals surface area (Å²) in [5.41, 5.74) is 1.03. The minimum absolute atomic E-state index is 0.102. The van der Waals surface area contributed by atoms with Gasteiger partial charge in [0.15, 0.2) is 5.76 Å². The highest BCUT2D eigenvalue weighted by Crippen LogP contribution is 2.33. The van der Waals surface area contributed by atoms with Crippen LogP contribution in [0.4, 0.5) is 0 Å². The lowest BCUT2D eigenvalue weighted by molar-refractivity contribution is -0.140. The van der Waals surface area contributed by atoms with Crippen molar-refractivity contribution >= 4 is 11.8 Å². The van der Waals surface area contributed by atoms with Gasteiger partial charge in [0, 0.05) is 38.6 Å². The fourth-order valence-corrected chi connectivity index (χ4v) is 3.70. The molecule has 4 rings (SSSR count). The fourth-order valence-electron chi connectivity index (χ4n) is 3.70. The predicted molar refractivity (Wildman–Crippen MR) is 85.9 cm³/mol. The van der Waals surface area contributed by atoms with Gasteiger partial charge in [-0.25, -0.2) is 0 Å². The molecule has 2 aliphatic rings. The Morgan fingerprint density at radius 1 is 1.29 bits per heavy atom. The molecule has 6 heteroatoms. The van der Waals surface area contributed by atoms with Crippen LogP contribution >= 0.6 is 0 Å². The first-order valence-electron chi connectivity index (χ1n) is 8.23. The number of carbonyl (C=O) groups excluding carboxylic acids is 2. The Morgan fingerprint density at radius 2 is 2.21 bits per heavy atom. The van der Waals surface area contributed by atoms with Crippen LogP contribution in [0.3, 0.4) is 0 Å². The van der Waals surface area contributed by atoms with E-state index >= 15 is 0 Å².